The summed E-state index contributed by atoms with van der Waals surface area (Å²) in [6.07, 6.45) is 0. The number of thiocyanates is 1. The van der Waals surface area contributed by atoms with E-state index in [4.69, 9.17) is 5.26 Å². The van der Waals surface area contributed by atoms with Gasteiger partial charge in [0.25, 0.3) is 5.56 Å². The fourth-order valence-electron chi connectivity index (χ4n) is 1.51. The van der Waals surface area contributed by atoms with Gasteiger partial charge in [-0.25, -0.2) is 4.68 Å². The second-order valence-corrected chi connectivity index (χ2v) is 3.59. The van der Waals surface area contributed by atoms with E-state index in [1.807, 2.05) is 49.0 Å². The van der Waals surface area contributed by atoms with Crippen molar-refractivity contribution in [1.29, 1.82) is 5.26 Å². The third-order valence-electron chi connectivity index (χ3n) is 2.35. The van der Waals surface area contributed by atoms with Crippen molar-refractivity contribution in [2.75, 3.05) is 0 Å². The van der Waals surface area contributed by atoms with Gasteiger partial charge in [0, 0.05) is 38.3 Å². The minimum absolute atomic E-state index is 0. The molecular formula is C12H13N3OSZn. The van der Waals surface area contributed by atoms with E-state index >= 15 is 0 Å². The molecule has 1 aromatic carbocycles. The second kappa shape index (κ2) is 7.91. The first kappa shape index (κ1) is 16.7. The van der Waals surface area contributed by atoms with Gasteiger partial charge in [0.1, 0.15) is 5.40 Å². The molecule has 90 valence electrons. The maximum atomic E-state index is 11.6. The van der Waals surface area contributed by atoms with Crippen LogP contribution in [0.3, 0.4) is 0 Å². The fraction of sp³-hybridized carbons (Fsp3) is 0.167. The van der Waals surface area contributed by atoms with Crippen molar-refractivity contribution in [1.82, 2.24) is 9.36 Å². The summed E-state index contributed by atoms with van der Waals surface area (Å²) in [6, 6.07) is 11.2. The molecule has 0 N–H and O–H groups in total. The summed E-state index contributed by atoms with van der Waals surface area (Å²) in [5.41, 5.74) is 1.86. The molecule has 0 aliphatic rings. The molecular weight excluding hydrogens is 300 g/mol. The summed E-state index contributed by atoms with van der Waals surface area (Å²) >= 11 is 3.09. The molecule has 1 heterocycles. The molecule has 1 aromatic heterocycles. The smallest absolute Gasteiger partial charge is 0.271 e. The third-order valence-corrected chi connectivity index (χ3v) is 2.35. The first-order valence-electron chi connectivity index (χ1n) is 4.96. The molecule has 0 aliphatic heterocycles. The van der Waals surface area contributed by atoms with Gasteiger partial charge in [-0.15, -0.1) is 0 Å². The zero-order valence-corrected chi connectivity index (χ0v) is 14.2. The van der Waals surface area contributed by atoms with Crippen LogP contribution in [0.2, 0.25) is 0 Å². The number of para-hydroxylation sites is 1. The normalized spacial score (nSPS) is 8.56. The number of hydrogen-bond donors (Lipinski definition) is 1. The van der Waals surface area contributed by atoms with Gasteiger partial charge in [0.2, 0.25) is 0 Å². The average molecular weight is 313 g/mol. The minimum atomic E-state index is 0. The van der Waals surface area contributed by atoms with Crippen molar-refractivity contribution in [3.8, 4) is 11.1 Å². The van der Waals surface area contributed by atoms with Crippen LogP contribution in [0.5, 0.6) is 0 Å². The Hall–Kier alpha value is -1.31. The SMILES string of the molecule is Cc1cc(=O)n(-c2ccccc2)n1C.N#CS.[Zn]. The first-order valence-corrected chi connectivity index (χ1v) is 5.40. The van der Waals surface area contributed by atoms with E-state index in [1.54, 1.807) is 10.7 Å². The van der Waals surface area contributed by atoms with Crippen LogP contribution in [0.1, 0.15) is 5.69 Å². The molecule has 18 heavy (non-hydrogen) atoms. The van der Waals surface area contributed by atoms with Gasteiger partial charge in [0.05, 0.1) is 5.69 Å². The van der Waals surface area contributed by atoms with Gasteiger partial charge in [-0.3, -0.25) is 9.48 Å². The summed E-state index contributed by atoms with van der Waals surface area (Å²) in [7, 11) is 1.88. The molecule has 0 amide bonds. The predicted molar refractivity (Wildman–Crippen MR) is 70.3 cm³/mol. The van der Waals surface area contributed by atoms with E-state index in [9.17, 15) is 4.79 Å². The molecule has 0 aliphatic carbocycles. The zero-order chi connectivity index (χ0) is 12.8. The summed E-state index contributed by atoms with van der Waals surface area (Å²) in [4.78, 5) is 11.6. The van der Waals surface area contributed by atoms with Crippen LogP contribution in [-0.2, 0) is 26.5 Å². The van der Waals surface area contributed by atoms with Crippen molar-refractivity contribution >= 4 is 12.6 Å². The average Bonchev–Trinajstić information content (AvgIpc) is 2.55. The van der Waals surface area contributed by atoms with E-state index in [-0.39, 0.29) is 25.0 Å². The largest absolute Gasteiger partial charge is 0.285 e. The molecule has 2 aromatic rings. The Morgan fingerprint density at radius 3 is 2.17 bits per heavy atom. The van der Waals surface area contributed by atoms with E-state index in [0.29, 0.717) is 0 Å². The summed E-state index contributed by atoms with van der Waals surface area (Å²) in [5, 5.41) is 8.63. The first-order chi connectivity index (χ1) is 8.11. The number of nitriles is 1. The number of thiol groups is 1. The van der Waals surface area contributed by atoms with Gasteiger partial charge in [0.15, 0.2) is 0 Å². The Balaban J connectivity index is 0.000000660. The molecule has 0 unspecified atom stereocenters. The van der Waals surface area contributed by atoms with E-state index in [0.717, 1.165) is 11.4 Å². The number of benzene rings is 1. The van der Waals surface area contributed by atoms with Gasteiger partial charge in [-0.05, 0) is 19.1 Å². The van der Waals surface area contributed by atoms with Gasteiger partial charge in [-0.1, -0.05) is 30.8 Å². The molecule has 4 nitrogen and oxygen atoms in total. The van der Waals surface area contributed by atoms with Crippen molar-refractivity contribution in [3.05, 3.63) is 52.4 Å². The molecule has 0 bridgehead atoms. The number of rotatable bonds is 1. The van der Waals surface area contributed by atoms with Crippen molar-refractivity contribution in [3.63, 3.8) is 0 Å². The van der Waals surface area contributed by atoms with Crippen LogP contribution in [0.15, 0.2) is 41.2 Å². The molecule has 6 heteroatoms. The van der Waals surface area contributed by atoms with E-state index in [2.05, 4.69) is 12.6 Å². The molecule has 0 spiro atoms. The predicted octanol–water partition coefficient (Wildman–Crippen LogP) is 1.88. The van der Waals surface area contributed by atoms with Crippen LogP contribution in [0.25, 0.3) is 5.69 Å². The molecule has 0 radical (unpaired) electrons. The summed E-state index contributed by atoms with van der Waals surface area (Å²) in [5.74, 6) is 0. The maximum absolute atomic E-state index is 11.6. The van der Waals surface area contributed by atoms with Gasteiger partial charge < -0.3 is 0 Å². The van der Waals surface area contributed by atoms with Crippen LogP contribution < -0.4 is 5.56 Å². The van der Waals surface area contributed by atoms with Crippen molar-refractivity contribution < 1.29 is 19.5 Å². The minimum Gasteiger partial charge on any atom is -0.285 e. The third kappa shape index (κ3) is 3.87. The zero-order valence-electron chi connectivity index (χ0n) is 10.4. The molecule has 0 fully saturated rings. The molecule has 2 rings (SSSR count). The summed E-state index contributed by atoms with van der Waals surface area (Å²) in [6.45, 7) is 1.92. The summed E-state index contributed by atoms with van der Waals surface area (Å²) < 4.78 is 3.49. The van der Waals surface area contributed by atoms with Crippen LogP contribution in [-0.4, -0.2) is 9.36 Å². The maximum Gasteiger partial charge on any atom is 0.271 e. The Morgan fingerprint density at radius 2 is 1.78 bits per heavy atom. The number of hydrogen-bond acceptors (Lipinski definition) is 3. The molecule has 0 saturated carbocycles. The van der Waals surface area contributed by atoms with Gasteiger partial charge in [-0.2, -0.15) is 5.26 Å². The molecule has 0 atom stereocenters. The monoisotopic (exact) mass is 311 g/mol. The van der Waals surface area contributed by atoms with Gasteiger partial charge >= 0.3 is 0 Å². The topological polar surface area (TPSA) is 50.7 Å². The number of aryl methyl sites for hydroxylation is 1. The number of aromatic nitrogens is 2. The Labute approximate surface area is 124 Å². The van der Waals surface area contributed by atoms with Crippen LogP contribution in [0.4, 0.5) is 0 Å². The van der Waals surface area contributed by atoms with Crippen molar-refractivity contribution in [2.45, 2.75) is 6.92 Å². The quantitative estimate of drug-likeness (QED) is 0.496. The Bertz CT molecular complexity index is 584. The van der Waals surface area contributed by atoms with E-state index < -0.39 is 0 Å². The van der Waals surface area contributed by atoms with E-state index in [1.165, 1.54) is 5.40 Å². The number of nitrogens with zero attached hydrogens (tertiary/aromatic N) is 3. The second-order valence-electron chi connectivity index (χ2n) is 3.39. The Morgan fingerprint density at radius 1 is 1.28 bits per heavy atom. The molecule has 0 saturated heterocycles. The standard InChI is InChI=1S/C11H12N2O.CHNS.Zn/c1-9-8-11(14)13(12(9)2)10-6-4-3-5-7-10;2-1-3;/h3-8H,1-2H3;3H;. The van der Waals surface area contributed by atoms with Crippen LogP contribution in [0, 0.1) is 17.6 Å². The van der Waals surface area contributed by atoms with Crippen molar-refractivity contribution in [2.24, 2.45) is 7.05 Å². The Kier molecular flexibility index (Phi) is 7.34. The van der Waals surface area contributed by atoms with Crippen LogP contribution >= 0.6 is 12.6 Å². The fourth-order valence-corrected chi connectivity index (χ4v) is 1.51.